The number of aryl methyl sites for hydroxylation is 1. The van der Waals surface area contributed by atoms with Crippen molar-refractivity contribution in [3.8, 4) is 6.07 Å². The number of ether oxygens (including phenoxy) is 1. The van der Waals surface area contributed by atoms with Crippen LogP contribution in [0.3, 0.4) is 0 Å². The van der Waals surface area contributed by atoms with Gasteiger partial charge >= 0.3 is 0 Å². The highest BCUT2D eigenvalue weighted by molar-refractivity contribution is 6.33. The Labute approximate surface area is 158 Å². The zero-order valence-electron chi connectivity index (χ0n) is 14.5. The fourth-order valence-corrected chi connectivity index (χ4v) is 2.64. The number of nitro benzene ring substituents is 1. The van der Waals surface area contributed by atoms with E-state index in [-0.39, 0.29) is 35.1 Å². The molecule has 0 aliphatic rings. The number of carbonyl (C=O) groups excluding carboxylic acids is 1. The molecule has 0 saturated carbocycles. The van der Waals surface area contributed by atoms with Gasteiger partial charge in [-0.1, -0.05) is 11.6 Å². The summed E-state index contributed by atoms with van der Waals surface area (Å²) in [4.78, 5) is 35.1. The van der Waals surface area contributed by atoms with Gasteiger partial charge in [-0.3, -0.25) is 19.7 Å². The van der Waals surface area contributed by atoms with Crippen LogP contribution in [0.1, 0.15) is 16.8 Å². The summed E-state index contributed by atoms with van der Waals surface area (Å²) in [5, 5.41) is 22.6. The second kappa shape index (κ2) is 8.44. The molecule has 0 bridgehead atoms. The molecule has 1 heterocycles. The van der Waals surface area contributed by atoms with Crippen molar-refractivity contribution in [2.75, 3.05) is 12.4 Å². The minimum atomic E-state index is -0.621. The number of rotatable bonds is 6. The van der Waals surface area contributed by atoms with Crippen molar-refractivity contribution in [1.82, 2.24) is 4.57 Å². The number of carbonyl (C=O) groups is 1. The van der Waals surface area contributed by atoms with Gasteiger partial charge in [0.25, 0.3) is 11.2 Å². The third-order valence-electron chi connectivity index (χ3n) is 3.74. The summed E-state index contributed by atoms with van der Waals surface area (Å²) in [6.07, 6.45) is 0. The van der Waals surface area contributed by atoms with Crippen LogP contribution >= 0.6 is 11.6 Å². The van der Waals surface area contributed by atoms with E-state index in [1.807, 2.05) is 6.07 Å². The lowest BCUT2D eigenvalue weighted by molar-refractivity contribution is -0.384. The molecule has 9 nitrogen and oxygen atoms in total. The van der Waals surface area contributed by atoms with Crippen molar-refractivity contribution in [3.63, 3.8) is 0 Å². The zero-order valence-corrected chi connectivity index (χ0v) is 15.2. The molecule has 0 spiro atoms. The van der Waals surface area contributed by atoms with E-state index in [0.29, 0.717) is 11.3 Å². The van der Waals surface area contributed by atoms with Gasteiger partial charge in [0.1, 0.15) is 18.2 Å². The molecule has 10 heteroatoms. The topological polar surface area (TPSA) is 127 Å². The number of anilines is 1. The standard InChI is InChI=1S/C17H15ClN4O5/c1-10-5-11(9-27-2)13(7-19)17(24)21(10)8-16(23)20-15-6-12(22(25)26)3-4-14(15)18/h3-6H,8-9H2,1-2H3,(H,20,23). The maximum Gasteiger partial charge on any atom is 0.271 e. The summed E-state index contributed by atoms with van der Waals surface area (Å²) in [6.45, 7) is 1.33. The Kier molecular flexibility index (Phi) is 6.28. The Morgan fingerprint density at radius 2 is 2.15 bits per heavy atom. The van der Waals surface area contributed by atoms with E-state index in [9.17, 15) is 25.0 Å². The number of methoxy groups -OCH3 is 1. The van der Waals surface area contributed by atoms with Crippen LogP contribution in [0.25, 0.3) is 0 Å². The average molecular weight is 391 g/mol. The molecule has 0 aliphatic heterocycles. The normalized spacial score (nSPS) is 10.3. The maximum absolute atomic E-state index is 12.5. The number of nitro groups is 1. The number of hydrogen-bond donors (Lipinski definition) is 1. The molecule has 0 unspecified atom stereocenters. The summed E-state index contributed by atoms with van der Waals surface area (Å²) in [7, 11) is 1.44. The Hall–Kier alpha value is -3.22. The van der Waals surface area contributed by atoms with Gasteiger partial charge < -0.3 is 14.6 Å². The molecule has 1 aromatic heterocycles. The van der Waals surface area contributed by atoms with Crippen molar-refractivity contribution in [2.45, 2.75) is 20.1 Å². The summed E-state index contributed by atoms with van der Waals surface area (Å²) in [5.74, 6) is -0.619. The van der Waals surface area contributed by atoms with Crippen LogP contribution < -0.4 is 10.9 Å². The van der Waals surface area contributed by atoms with Gasteiger partial charge in [0.2, 0.25) is 5.91 Å². The highest BCUT2D eigenvalue weighted by Gasteiger charge is 2.17. The van der Waals surface area contributed by atoms with Gasteiger partial charge in [0, 0.05) is 30.5 Å². The number of nitriles is 1. The first-order valence-corrected chi connectivity index (χ1v) is 8.02. The maximum atomic E-state index is 12.5. The number of aromatic nitrogens is 1. The van der Waals surface area contributed by atoms with E-state index in [2.05, 4.69) is 5.32 Å². The van der Waals surface area contributed by atoms with E-state index < -0.39 is 16.4 Å². The quantitative estimate of drug-likeness (QED) is 0.595. The lowest BCUT2D eigenvalue weighted by Gasteiger charge is -2.13. The zero-order chi connectivity index (χ0) is 20.1. The molecule has 1 amide bonds. The Bertz CT molecular complexity index is 1010. The largest absolute Gasteiger partial charge is 0.380 e. The molecule has 1 N–H and O–H groups in total. The van der Waals surface area contributed by atoms with Gasteiger partial charge in [0.15, 0.2) is 0 Å². The number of non-ortho nitro benzene ring substituents is 1. The molecule has 2 rings (SSSR count). The van der Waals surface area contributed by atoms with Crippen LogP contribution in [0.5, 0.6) is 0 Å². The molecule has 0 fully saturated rings. The molecule has 27 heavy (non-hydrogen) atoms. The minimum Gasteiger partial charge on any atom is -0.380 e. The van der Waals surface area contributed by atoms with Crippen molar-refractivity contribution < 1.29 is 14.5 Å². The summed E-state index contributed by atoms with van der Waals surface area (Å²) in [6, 6.07) is 7.05. The summed E-state index contributed by atoms with van der Waals surface area (Å²) >= 11 is 5.95. The van der Waals surface area contributed by atoms with Crippen LogP contribution in [0.2, 0.25) is 5.02 Å². The summed E-state index contributed by atoms with van der Waals surface area (Å²) in [5.41, 5.74) is -0.0162. The van der Waals surface area contributed by atoms with Crippen LogP contribution in [-0.4, -0.2) is 22.5 Å². The number of pyridine rings is 1. The minimum absolute atomic E-state index is 0.0538. The smallest absolute Gasteiger partial charge is 0.271 e. The first-order chi connectivity index (χ1) is 12.8. The summed E-state index contributed by atoms with van der Waals surface area (Å²) < 4.78 is 6.11. The van der Waals surface area contributed by atoms with Crippen LogP contribution in [-0.2, 0) is 22.7 Å². The molecular weight excluding hydrogens is 376 g/mol. The van der Waals surface area contributed by atoms with Gasteiger partial charge in [-0.25, -0.2) is 0 Å². The third kappa shape index (κ3) is 4.49. The van der Waals surface area contributed by atoms with E-state index in [1.165, 1.54) is 19.2 Å². The molecule has 2 aromatic rings. The van der Waals surface area contributed by atoms with Gasteiger partial charge in [-0.15, -0.1) is 0 Å². The number of hydrogen-bond acceptors (Lipinski definition) is 6. The number of nitrogens with one attached hydrogen (secondary N) is 1. The van der Waals surface area contributed by atoms with Crippen molar-refractivity contribution >= 4 is 28.9 Å². The van der Waals surface area contributed by atoms with E-state index >= 15 is 0 Å². The molecular formula is C17H15ClN4O5. The molecule has 0 saturated heterocycles. The van der Waals surface area contributed by atoms with Crippen LogP contribution in [0, 0.1) is 28.4 Å². The highest BCUT2D eigenvalue weighted by Crippen LogP contribution is 2.26. The average Bonchev–Trinajstić information content (AvgIpc) is 2.60. The van der Waals surface area contributed by atoms with Crippen molar-refractivity contribution in [2.24, 2.45) is 0 Å². The lowest BCUT2D eigenvalue weighted by Crippen LogP contribution is -2.31. The SMILES string of the molecule is COCc1cc(C)n(CC(=O)Nc2cc([N+](=O)[O-])ccc2Cl)c(=O)c1C#N. The van der Waals surface area contributed by atoms with Crippen molar-refractivity contribution in [1.29, 1.82) is 5.26 Å². The predicted molar refractivity (Wildman–Crippen MR) is 97.6 cm³/mol. The second-order valence-electron chi connectivity index (χ2n) is 5.59. The van der Waals surface area contributed by atoms with Crippen LogP contribution in [0.4, 0.5) is 11.4 Å². The van der Waals surface area contributed by atoms with Gasteiger partial charge in [-0.2, -0.15) is 5.26 Å². The highest BCUT2D eigenvalue weighted by atomic mass is 35.5. The molecule has 0 radical (unpaired) electrons. The second-order valence-corrected chi connectivity index (χ2v) is 6.00. The predicted octanol–water partition coefficient (Wildman–Crippen LogP) is 2.38. The van der Waals surface area contributed by atoms with E-state index in [4.69, 9.17) is 16.3 Å². The van der Waals surface area contributed by atoms with Crippen LogP contribution in [0.15, 0.2) is 29.1 Å². The lowest BCUT2D eigenvalue weighted by atomic mass is 10.1. The monoisotopic (exact) mass is 390 g/mol. The van der Waals surface area contributed by atoms with Crippen molar-refractivity contribution in [3.05, 3.63) is 66.6 Å². The van der Waals surface area contributed by atoms with E-state index in [0.717, 1.165) is 10.6 Å². The number of benzene rings is 1. The number of halogens is 1. The molecule has 1 aromatic carbocycles. The third-order valence-corrected chi connectivity index (χ3v) is 4.07. The first kappa shape index (κ1) is 20.1. The first-order valence-electron chi connectivity index (χ1n) is 7.64. The molecule has 0 atom stereocenters. The number of nitrogens with zero attached hydrogens (tertiary/aromatic N) is 3. The van der Waals surface area contributed by atoms with E-state index in [1.54, 1.807) is 13.0 Å². The molecule has 140 valence electrons. The number of amides is 1. The Morgan fingerprint density at radius 3 is 2.74 bits per heavy atom. The van der Waals surface area contributed by atoms with Gasteiger partial charge in [-0.05, 0) is 19.1 Å². The van der Waals surface area contributed by atoms with Gasteiger partial charge in [0.05, 0.1) is 22.2 Å². The fraction of sp³-hybridized carbons (Fsp3) is 0.235. The fourth-order valence-electron chi connectivity index (χ4n) is 2.48. The Morgan fingerprint density at radius 1 is 1.44 bits per heavy atom. The molecule has 0 aliphatic carbocycles. The Balaban J connectivity index is 2.32.